The molecule has 24 heavy (non-hydrogen) atoms. The normalized spacial score (nSPS) is 22.1. The van der Waals surface area contributed by atoms with E-state index in [0.717, 1.165) is 0 Å². The van der Waals surface area contributed by atoms with Crippen LogP contribution in [0.5, 0.6) is 11.5 Å². The first-order chi connectivity index (χ1) is 11.3. The quantitative estimate of drug-likeness (QED) is 0.606. The highest BCUT2D eigenvalue weighted by Crippen LogP contribution is 2.37. The van der Waals surface area contributed by atoms with Gasteiger partial charge in [0.25, 0.3) is 11.6 Å². The van der Waals surface area contributed by atoms with Crippen LogP contribution in [0.15, 0.2) is 12.1 Å². The fraction of sp³-hybridized carbons (Fsp3) is 0.562. The van der Waals surface area contributed by atoms with Crippen molar-refractivity contribution in [3.8, 4) is 11.5 Å². The fourth-order valence-electron chi connectivity index (χ4n) is 3.18. The SMILES string of the molecule is CC1CN(C(=O)c2cc3c(cc2[N+](=O)[O-])OCCO3)CC(C)(C)O1. The molecule has 0 aromatic heterocycles. The summed E-state index contributed by atoms with van der Waals surface area (Å²) >= 11 is 0. The molecule has 1 unspecified atom stereocenters. The fourth-order valence-corrected chi connectivity index (χ4v) is 3.18. The van der Waals surface area contributed by atoms with Crippen molar-refractivity contribution in [3.63, 3.8) is 0 Å². The first-order valence-electron chi connectivity index (χ1n) is 7.82. The molecule has 1 fully saturated rings. The third-order valence-electron chi connectivity index (χ3n) is 3.94. The Hall–Kier alpha value is -2.35. The Bertz CT molecular complexity index is 687. The molecule has 0 saturated carbocycles. The molecule has 1 atom stereocenters. The largest absolute Gasteiger partial charge is 0.486 e. The van der Waals surface area contributed by atoms with Crippen molar-refractivity contribution in [2.24, 2.45) is 0 Å². The zero-order valence-corrected chi connectivity index (χ0v) is 13.9. The molecule has 1 saturated heterocycles. The summed E-state index contributed by atoms with van der Waals surface area (Å²) in [6.45, 7) is 7.07. The van der Waals surface area contributed by atoms with E-state index in [4.69, 9.17) is 14.2 Å². The first-order valence-corrected chi connectivity index (χ1v) is 7.82. The number of hydrogen-bond donors (Lipinski definition) is 0. The lowest BCUT2D eigenvalue weighted by molar-refractivity contribution is -0.385. The molecule has 2 heterocycles. The highest BCUT2D eigenvalue weighted by atomic mass is 16.6. The monoisotopic (exact) mass is 336 g/mol. The molecule has 0 aliphatic carbocycles. The van der Waals surface area contributed by atoms with Crippen LogP contribution >= 0.6 is 0 Å². The number of carbonyl (C=O) groups excluding carboxylic acids is 1. The summed E-state index contributed by atoms with van der Waals surface area (Å²) in [6.07, 6.45) is -0.144. The van der Waals surface area contributed by atoms with Crippen LogP contribution in [0.2, 0.25) is 0 Å². The number of benzene rings is 1. The summed E-state index contributed by atoms with van der Waals surface area (Å²) in [5, 5.41) is 11.4. The average molecular weight is 336 g/mol. The molecule has 0 bridgehead atoms. The Morgan fingerprint density at radius 2 is 1.92 bits per heavy atom. The number of ether oxygens (including phenoxy) is 3. The molecule has 130 valence electrons. The van der Waals surface area contributed by atoms with Crippen molar-refractivity contribution in [2.45, 2.75) is 32.5 Å². The van der Waals surface area contributed by atoms with Crippen molar-refractivity contribution in [2.75, 3.05) is 26.3 Å². The van der Waals surface area contributed by atoms with Gasteiger partial charge in [-0.25, -0.2) is 0 Å². The van der Waals surface area contributed by atoms with Gasteiger partial charge in [0, 0.05) is 19.2 Å². The van der Waals surface area contributed by atoms with Crippen LogP contribution < -0.4 is 9.47 Å². The number of morpholine rings is 1. The summed E-state index contributed by atoms with van der Waals surface area (Å²) < 4.78 is 16.6. The van der Waals surface area contributed by atoms with E-state index in [1.165, 1.54) is 12.1 Å². The van der Waals surface area contributed by atoms with Gasteiger partial charge in [0.15, 0.2) is 11.5 Å². The maximum atomic E-state index is 12.9. The Labute approximate surface area is 139 Å². The molecule has 3 rings (SSSR count). The van der Waals surface area contributed by atoms with Crippen LogP contribution in [-0.2, 0) is 4.74 Å². The predicted octanol–water partition coefficient (Wildman–Crippen LogP) is 2.01. The number of amides is 1. The minimum Gasteiger partial charge on any atom is -0.486 e. The van der Waals surface area contributed by atoms with E-state index in [1.807, 2.05) is 20.8 Å². The molecule has 2 aliphatic heterocycles. The lowest BCUT2D eigenvalue weighted by Gasteiger charge is -2.41. The van der Waals surface area contributed by atoms with Gasteiger partial charge in [0.05, 0.1) is 22.7 Å². The van der Waals surface area contributed by atoms with Gasteiger partial charge in [0.1, 0.15) is 18.8 Å². The van der Waals surface area contributed by atoms with E-state index in [1.54, 1.807) is 4.90 Å². The number of nitrogens with zero attached hydrogens (tertiary/aromatic N) is 2. The van der Waals surface area contributed by atoms with Crippen molar-refractivity contribution in [3.05, 3.63) is 27.8 Å². The number of nitro groups is 1. The number of hydrogen-bond acceptors (Lipinski definition) is 6. The second-order valence-corrected chi connectivity index (χ2v) is 6.64. The van der Waals surface area contributed by atoms with Crippen molar-refractivity contribution in [1.82, 2.24) is 4.90 Å². The van der Waals surface area contributed by atoms with Crippen molar-refractivity contribution in [1.29, 1.82) is 0 Å². The topological polar surface area (TPSA) is 91.1 Å². The minimum absolute atomic E-state index is 0.00847. The van der Waals surface area contributed by atoms with Crippen LogP contribution in [0.3, 0.4) is 0 Å². The van der Waals surface area contributed by atoms with Crippen molar-refractivity contribution < 1.29 is 23.9 Å². The molecule has 1 aromatic rings. The molecule has 0 spiro atoms. The van der Waals surface area contributed by atoms with Gasteiger partial charge in [0.2, 0.25) is 0 Å². The van der Waals surface area contributed by atoms with Gasteiger partial charge < -0.3 is 19.1 Å². The van der Waals surface area contributed by atoms with Crippen LogP contribution in [0.4, 0.5) is 5.69 Å². The van der Waals surface area contributed by atoms with Gasteiger partial charge in [-0.05, 0) is 20.8 Å². The van der Waals surface area contributed by atoms with E-state index >= 15 is 0 Å². The maximum absolute atomic E-state index is 12.9. The van der Waals surface area contributed by atoms with Crippen LogP contribution in [0.25, 0.3) is 0 Å². The lowest BCUT2D eigenvalue weighted by Crippen LogP contribution is -2.53. The van der Waals surface area contributed by atoms with Gasteiger partial charge in [-0.2, -0.15) is 0 Å². The molecule has 2 aliphatic rings. The molecule has 8 heteroatoms. The first kappa shape index (κ1) is 16.5. The highest BCUT2D eigenvalue weighted by molar-refractivity contribution is 5.99. The highest BCUT2D eigenvalue weighted by Gasteiger charge is 2.37. The zero-order valence-electron chi connectivity index (χ0n) is 13.9. The lowest BCUT2D eigenvalue weighted by atomic mass is 10.0. The summed E-state index contributed by atoms with van der Waals surface area (Å²) in [5.74, 6) is 0.248. The van der Waals surface area contributed by atoms with E-state index in [0.29, 0.717) is 37.8 Å². The Kier molecular flexibility index (Phi) is 4.08. The maximum Gasteiger partial charge on any atom is 0.286 e. The van der Waals surface area contributed by atoms with E-state index < -0.39 is 16.4 Å². The molecule has 8 nitrogen and oxygen atoms in total. The number of fused-ring (bicyclic) bond motifs is 1. The summed E-state index contributed by atoms with van der Waals surface area (Å²) in [7, 11) is 0. The van der Waals surface area contributed by atoms with Crippen molar-refractivity contribution >= 4 is 11.6 Å². The second-order valence-electron chi connectivity index (χ2n) is 6.64. The van der Waals surface area contributed by atoms with Gasteiger partial charge in [-0.1, -0.05) is 0 Å². The number of nitro benzene ring substituents is 1. The molecule has 1 amide bonds. The Balaban J connectivity index is 1.98. The smallest absolute Gasteiger partial charge is 0.286 e. The van der Waals surface area contributed by atoms with E-state index in [9.17, 15) is 14.9 Å². The molecular formula is C16H20N2O6. The third kappa shape index (κ3) is 3.14. The van der Waals surface area contributed by atoms with Gasteiger partial charge in [-0.3, -0.25) is 14.9 Å². The molecule has 0 N–H and O–H groups in total. The standard InChI is InChI=1S/C16H20N2O6/c1-10-8-17(9-16(2,3)24-10)15(19)11-6-13-14(23-5-4-22-13)7-12(11)18(20)21/h6-7,10H,4-5,8-9H2,1-3H3. The summed E-state index contributed by atoms with van der Waals surface area (Å²) in [4.78, 5) is 25.3. The minimum atomic E-state index is -0.569. The third-order valence-corrected chi connectivity index (χ3v) is 3.94. The van der Waals surface area contributed by atoms with Crippen LogP contribution in [-0.4, -0.2) is 53.7 Å². The Morgan fingerprint density at radius 1 is 1.29 bits per heavy atom. The van der Waals surface area contributed by atoms with Crippen LogP contribution in [0.1, 0.15) is 31.1 Å². The number of carbonyl (C=O) groups is 1. The summed E-state index contributed by atoms with van der Waals surface area (Å²) in [5.41, 5.74) is -0.772. The molecular weight excluding hydrogens is 316 g/mol. The number of rotatable bonds is 2. The average Bonchev–Trinajstić information content (AvgIpc) is 2.50. The van der Waals surface area contributed by atoms with Gasteiger partial charge >= 0.3 is 0 Å². The summed E-state index contributed by atoms with van der Waals surface area (Å²) in [6, 6.07) is 2.67. The van der Waals surface area contributed by atoms with Gasteiger partial charge in [-0.15, -0.1) is 0 Å². The van der Waals surface area contributed by atoms with E-state index in [-0.39, 0.29) is 17.4 Å². The Morgan fingerprint density at radius 3 is 2.50 bits per heavy atom. The predicted molar refractivity (Wildman–Crippen MR) is 84.6 cm³/mol. The van der Waals surface area contributed by atoms with E-state index in [2.05, 4.69) is 0 Å². The second kappa shape index (κ2) is 5.94. The molecule has 0 radical (unpaired) electrons. The van der Waals surface area contributed by atoms with Crippen LogP contribution in [0, 0.1) is 10.1 Å². The molecule has 1 aromatic carbocycles. The zero-order chi connectivity index (χ0) is 17.5.